The zero-order valence-corrected chi connectivity index (χ0v) is 12.1. The van der Waals surface area contributed by atoms with Crippen molar-refractivity contribution in [1.29, 1.82) is 0 Å². The van der Waals surface area contributed by atoms with Gasteiger partial charge >= 0.3 is 5.97 Å². The number of piperidine rings is 1. The normalized spacial score (nSPS) is 15.2. The van der Waals surface area contributed by atoms with E-state index in [0.29, 0.717) is 16.5 Å². The molecule has 1 aromatic carbocycles. The van der Waals surface area contributed by atoms with Gasteiger partial charge in [0, 0.05) is 13.1 Å². The molecule has 1 N–H and O–H groups in total. The number of hydrogen-bond acceptors (Lipinski definition) is 4. The number of para-hydroxylation sites is 1. The van der Waals surface area contributed by atoms with E-state index in [1.54, 1.807) is 18.2 Å². The molecule has 2 aromatic rings. The molecule has 0 saturated carbocycles. The summed E-state index contributed by atoms with van der Waals surface area (Å²) in [5, 5.41) is 18.3. The molecule has 1 saturated heterocycles. The first kappa shape index (κ1) is 13.9. The Kier molecular flexibility index (Phi) is 3.79. The summed E-state index contributed by atoms with van der Waals surface area (Å²) in [5.74, 6) is -0.656. The number of nitrogens with zero attached hydrogens (tertiary/aromatic N) is 4. The van der Waals surface area contributed by atoms with Gasteiger partial charge in [-0.05, 0) is 31.4 Å². The molecule has 7 heteroatoms. The second-order valence-corrected chi connectivity index (χ2v) is 5.37. The van der Waals surface area contributed by atoms with Crippen molar-refractivity contribution >= 4 is 23.4 Å². The highest BCUT2D eigenvalue weighted by atomic mass is 35.5. The van der Waals surface area contributed by atoms with Gasteiger partial charge in [0.15, 0.2) is 5.82 Å². The van der Waals surface area contributed by atoms with E-state index in [0.717, 1.165) is 32.4 Å². The summed E-state index contributed by atoms with van der Waals surface area (Å²) in [6, 6.07) is 7.10. The first-order valence-electron chi connectivity index (χ1n) is 6.87. The van der Waals surface area contributed by atoms with Crippen LogP contribution in [0.2, 0.25) is 5.02 Å². The zero-order valence-electron chi connectivity index (χ0n) is 11.4. The molecular formula is C14H15ClN4O2. The number of benzene rings is 1. The van der Waals surface area contributed by atoms with E-state index in [-0.39, 0.29) is 5.69 Å². The summed E-state index contributed by atoms with van der Waals surface area (Å²) >= 11 is 6.12. The van der Waals surface area contributed by atoms with Crippen LogP contribution < -0.4 is 4.90 Å². The highest BCUT2D eigenvalue weighted by Crippen LogP contribution is 2.24. The second-order valence-electron chi connectivity index (χ2n) is 4.97. The number of halogens is 1. The van der Waals surface area contributed by atoms with Crippen molar-refractivity contribution in [3.63, 3.8) is 0 Å². The second kappa shape index (κ2) is 5.73. The SMILES string of the molecule is O=C(O)c1nn(-c2ccccc2Cl)nc1N1CCCCC1. The Balaban J connectivity index is 2.04. The van der Waals surface area contributed by atoms with Crippen LogP contribution in [0.25, 0.3) is 5.69 Å². The minimum absolute atomic E-state index is 0.0307. The number of hydrogen-bond donors (Lipinski definition) is 1. The molecular weight excluding hydrogens is 292 g/mol. The van der Waals surface area contributed by atoms with E-state index in [2.05, 4.69) is 10.2 Å². The number of aromatic nitrogens is 3. The van der Waals surface area contributed by atoms with Crippen LogP contribution in [-0.2, 0) is 0 Å². The van der Waals surface area contributed by atoms with E-state index in [1.165, 1.54) is 4.80 Å². The van der Waals surface area contributed by atoms with Crippen molar-refractivity contribution in [2.45, 2.75) is 19.3 Å². The lowest BCUT2D eigenvalue weighted by Gasteiger charge is -2.26. The number of aromatic carboxylic acids is 1. The third kappa shape index (κ3) is 2.71. The zero-order chi connectivity index (χ0) is 14.8. The maximum atomic E-state index is 11.4. The molecule has 2 heterocycles. The molecule has 1 aromatic heterocycles. The van der Waals surface area contributed by atoms with Crippen LogP contribution in [0.5, 0.6) is 0 Å². The van der Waals surface area contributed by atoms with Gasteiger partial charge in [-0.3, -0.25) is 0 Å². The van der Waals surface area contributed by atoms with Crippen molar-refractivity contribution < 1.29 is 9.90 Å². The molecule has 21 heavy (non-hydrogen) atoms. The third-order valence-electron chi connectivity index (χ3n) is 3.52. The lowest BCUT2D eigenvalue weighted by atomic mass is 10.1. The van der Waals surface area contributed by atoms with Gasteiger partial charge in [-0.1, -0.05) is 23.7 Å². The molecule has 1 aliphatic heterocycles. The van der Waals surface area contributed by atoms with Crippen molar-refractivity contribution in [2.24, 2.45) is 0 Å². The molecule has 0 unspecified atom stereocenters. The number of carboxylic acids is 1. The van der Waals surface area contributed by atoms with Crippen LogP contribution in [0.15, 0.2) is 24.3 Å². The van der Waals surface area contributed by atoms with E-state index < -0.39 is 5.97 Å². The Morgan fingerprint density at radius 3 is 2.52 bits per heavy atom. The fraction of sp³-hybridized carbons (Fsp3) is 0.357. The Morgan fingerprint density at radius 1 is 1.14 bits per heavy atom. The molecule has 110 valence electrons. The standard InChI is InChI=1S/C14H15ClN4O2/c15-10-6-2-3-7-11(10)19-16-12(14(20)21)13(17-19)18-8-4-1-5-9-18/h2-3,6-7H,1,4-5,8-9H2,(H,20,21). The molecule has 3 rings (SSSR count). The van der Waals surface area contributed by atoms with Gasteiger partial charge in [-0.15, -0.1) is 15.0 Å². The van der Waals surface area contributed by atoms with Crippen molar-refractivity contribution in [3.05, 3.63) is 35.0 Å². The summed E-state index contributed by atoms with van der Waals surface area (Å²) in [6.07, 6.45) is 3.24. The van der Waals surface area contributed by atoms with Gasteiger partial charge in [0.2, 0.25) is 5.69 Å². The minimum Gasteiger partial charge on any atom is -0.476 e. The van der Waals surface area contributed by atoms with Crippen LogP contribution in [0, 0.1) is 0 Å². The summed E-state index contributed by atoms with van der Waals surface area (Å²) < 4.78 is 0. The summed E-state index contributed by atoms with van der Waals surface area (Å²) in [7, 11) is 0. The Labute approximate surface area is 126 Å². The average molecular weight is 307 g/mol. The van der Waals surface area contributed by atoms with Crippen LogP contribution in [0.4, 0.5) is 5.82 Å². The fourth-order valence-corrected chi connectivity index (χ4v) is 2.69. The van der Waals surface area contributed by atoms with Crippen molar-refractivity contribution in [1.82, 2.24) is 15.0 Å². The molecule has 0 amide bonds. The Hall–Kier alpha value is -2.08. The Bertz CT molecular complexity index is 665. The topological polar surface area (TPSA) is 71.2 Å². The lowest BCUT2D eigenvalue weighted by molar-refractivity contribution is 0.0690. The molecule has 6 nitrogen and oxygen atoms in total. The first-order chi connectivity index (χ1) is 10.2. The van der Waals surface area contributed by atoms with Gasteiger partial charge in [-0.25, -0.2) is 4.79 Å². The molecule has 0 atom stereocenters. The van der Waals surface area contributed by atoms with E-state index in [4.69, 9.17) is 11.6 Å². The predicted octanol–water partition coefficient (Wildman–Crippen LogP) is 2.61. The molecule has 0 radical (unpaired) electrons. The van der Waals surface area contributed by atoms with Crippen LogP contribution in [-0.4, -0.2) is 39.2 Å². The van der Waals surface area contributed by atoms with Gasteiger partial charge < -0.3 is 10.0 Å². The maximum absolute atomic E-state index is 11.4. The van der Waals surface area contributed by atoms with Crippen LogP contribution >= 0.6 is 11.6 Å². The molecule has 0 spiro atoms. The molecule has 0 aliphatic carbocycles. The molecule has 1 fully saturated rings. The monoisotopic (exact) mass is 306 g/mol. The fourth-order valence-electron chi connectivity index (χ4n) is 2.48. The number of anilines is 1. The average Bonchev–Trinajstić information content (AvgIpc) is 2.94. The minimum atomic E-state index is -1.08. The molecule has 0 bridgehead atoms. The highest BCUT2D eigenvalue weighted by Gasteiger charge is 2.25. The predicted molar refractivity (Wildman–Crippen MR) is 79.4 cm³/mol. The van der Waals surface area contributed by atoms with Gasteiger partial charge in [0.1, 0.15) is 5.69 Å². The van der Waals surface area contributed by atoms with E-state index in [9.17, 15) is 9.90 Å². The van der Waals surface area contributed by atoms with Crippen molar-refractivity contribution in [3.8, 4) is 5.69 Å². The van der Waals surface area contributed by atoms with Crippen LogP contribution in [0.3, 0.4) is 0 Å². The number of carbonyl (C=O) groups is 1. The highest BCUT2D eigenvalue weighted by molar-refractivity contribution is 6.32. The summed E-state index contributed by atoms with van der Waals surface area (Å²) in [4.78, 5) is 14.7. The van der Waals surface area contributed by atoms with Gasteiger partial charge in [-0.2, -0.15) is 0 Å². The van der Waals surface area contributed by atoms with Gasteiger partial charge in [0.25, 0.3) is 0 Å². The lowest BCUT2D eigenvalue weighted by Crippen LogP contribution is -2.31. The van der Waals surface area contributed by atoms with Crippen LogP contribution in [0.1, 0.15) is 29.8 Å². The summed E-state index contributed by atoms with van der Waals surface area (Å²) in [5.41, 5.74) is 0.543. The maximum Gasteiger partial charge on any atom is 0.360 e. The summed E-state index contributed by atoms with van der Waals surface area (Å²) in [6.45, 7) is 1.61. The van der Waals surface area contributed by atoms with Gasteiger partial charge in [0.05, 0.1) is 5.02 Å². The first-order valence-corrected chi connectivity index (χ1v) is 7.25. The Morgan fingerprint density at radius 2 is 1.86 bits per heavy atom. The third-order valence-corrected chi connectivity index (χ3v) is 3.84. The quantitative estimate of drug-likeness (QED) is 0.943. The van der Waals surface area contributed by atoms with E-state index in [1.807, 2.05) is 11.0 Å². The smallest absolute Gasteiger partial charge is 0.360 e. The van der Waals surface area contributed by atoms with E-state index >= 15 is 0 Å². The number of rotatable bonds is 3. The number of carboxylic acid groups (broad SMARTS) is 1. The largest absolute Gasteiger partial charge is 0.476 e. The molecule has 1 aliphatic rings. The van der Waals surface area contributed by atoms with Crippen molar-refractivity contribution in [2.75, 3.05) is 18.0 Å².